The van der Waals surface area contributed by atoms with E-state index in [0.29, 0.717) is 25.8 Å². The van der Waals surface area contributed by atoms with Crippen molar-refractivity contribution < 1.29 is 18.7 Å². The van der Waals surface area contributed by atoms with Gasteiger partial charge in [0.05, 0.1) is 25.2 Å². The highest BCUT2D eigenvalue weighted by Crippen LogP contribution is 2.36. The maximum Gasteiger partial charge on any atom is 0.270 e. The topological polar surface area (TPSA) is 58.6 Å². The molecule has 0 spiro atoms. The van der Waals surface area contributed by atoms with Crippen molar-refractivity contribution in [2.75, 3.05) is 4.90 Å². The van der Waals surface area contributed by atoms with Crippen LogP contribution in [0.25, 0.3) is 6.08 Å². The molecule has 3 aromatic carbocycles. The van der Waals surface area contributed by atoms with Gasteiger partial charge in [-0.25, -0.2) is 9.29 Å². The van der Waals surface area contributed by atoms with Crippen molar-refractivity contribution in [3.8, 4) is 5.75 Å². The molecule has 4 rings (SSSR count). The number of ether oxygens (including phenoxy) is 1. The summed E-state index contributed by atoms with van der Waals surface area (Å²) in [6.45, 7) is 0.172. The molecule has 0 unspecified atom stereocenters. The fourth-order valence-electron chi connectivity index (χ4n) is 3.26. The van der Waals surface area contributed by atoms with E-state index in [1.165, 1.54) is 30.3 Å². The molecular weight excluding hydrogens is 602 g/mol. The van der Waals surface area contributed by atoms with E-state index in [1.54, 1.807) is 30.3 Å². The molecule has 178 valence electrons. The number of amides is 2. The van der Waals surface area contributed by atoms with Gasteiger partial charge in [0.1, 0.15) is 18.0 Å². The third kappa shape index (κ3) is 5.52. The van der Waals surface area contributed by atoms with Gasteiger partial charge in [0.15, 0.2) is 10.9 Å². The number of anilines is 1. The smallest absolute Gasteiger partial charge is 0.270 e. The SMILES string of the molecule is O=C1NC(=S)N(c2ccccc2F)C(=O)/C1=C/c1cc(Cl)c(OCc2ccc(Cl)c(Cl)c2)c(Br)c1. The minimum Gasteiger partial charge on any atom is -0.486 e. The molecular formula is C24H13BrCl3FN2O3S. The predicted octanol–water partition coefficient (Wildman–Crippen LogP) is 6.96. The number of hydrogen-bond acceptors (Lipinski definition) is 4. The number of nitrogens with one attached hydrogen (secondary N) is 1. The lowest BCUT2D eigenvalue weighted by molar-refractivity contribution is -0.122. The van der Waals surface area contributed by atoms with Gasteiger partial charge in [-0.05, 0) is 81.7 Å². The molecule has 35 heavy (non-hydrogen) atoms. The summed E-state index contributed by atoms with van der Waals surface area (Å²) in [6, 6.07) is 13.9. The molecule has 0 saturated carbocycles. The van der Waals surface area contributed by atoms with Gasteiger partial charge >= 0.3 is 0 Å². The van der Waals surface area contributed by atoms with Crippen LogP contribution < -0.4 is 15.0 Å². The number of hydrogen-bond donors (Lipinski definition) is 1. The summed E-state index contributed by atoms with van der Waals surface area (Å²) in [6.07, 6.45) is 1.34. The van der Waals surface area contributed by atoms with Crippen LogP contribution in [-0.4, -0.2) is 16.9 Å². The van der Waals surface area contributed by atoms with Crippen LogP contribution >= 0.6 is 63.0 Å². The van der Waals surface area contributed by atoms with Crippen LogP contribution in [0.15, 0.2) is 64.6 Å². The van der Waals surface area contributed by atoms with Gasteiger partial charge < -0.3 is 4.74 Å². The molecule has 1 saturated heterocycles. The lowest BCUT2D eigenvalue weighted by Gasteiger charge is -2.29. The Morgan fingerprint density at radius 3 is 2.46 bits per heavy atom. The van der Waals surface area contributed by atoms with Crippen LogP contribution in [0.3, 0.4) is 0 Å². The molecule has 5 nitrogen and oxygen atoms in total. The fraction of sp³-hybridized carbons (Fsp3) is 0.0417. The number of carbonyl (C=O) groups excluding carboxylic acids is 2. The monoisotopic (exact) mass is 612 g/mol. The van der Waals surface area contributed by atoms with E-state index in [-0.39, 0.29) is 28.0 Å². The highest BCUT2D eigenvalue weighted by Gasteiger charge is 2.35. The molecule has 0 aromatic heterocycles. The van der Waals surface area contributed by atoms with Crippen molar-refractivity contribution in [3.05, 3.63) is 96.7 Å². The normalized spacial score (nSPS) is 14.9. The first-order chi connectivity index (χ1) is 16.7. The van der Waals surface area contributed by atoms with Crippen LogP contribution in [0.1, 0.15) is 11.1 Å². The van der Waals surface area contributed by atoms with E-state index in [2.05, 4.69) is 21.2 Å². The average Bonchev–Trinajstić information content (AvgIpc) is 2.79. The van der Waals surface area contributed by atoms with Crippen LogP contribution in [0.4, 0.5) is 10.1 Å². The zero-order valence-corrected chi connectivity index (χ0v) is 22.1. The number of benzene rings is 3. The number of rotatable bonds is 5. The molecule has 1 aliphatic rings. The third-order valence-electron chi connectivity index (χ3n) is 4.89. The first-order valence-corrected chi connectivity index (χ1v) is 12.2. The number of halogens is 5. The van der Waals surface area contributed by atoms with E-state index >= 15 is 0 Å². The first kappa shape index (κ1) is 25.6. The fourth-order valence-corrected chi connectivity index (χ4v) is 4.85. The minimum atomic E-state index is -0.768. The molecule has 3 aromatic rings. The summed E-state index contributed by atoms with van der Waals surface area (Å²) in [7, 11) is 0. The summed E-state index contributed by atoms with van der Waals surface area (Å²) in [5, 5.41) is 3.27. The van der Waals surface area contributed by atoms with E-state index in [1.807, 2.05) is 0 Å². The largest absolute Gasteiger partial charge is 0.486 e. The van der Waals surface area contributed by atoms with Crippen molar-refractivity contribution in [3.63, 3.8) is 0 Å². The Morgan fingerprint density at radius 2 is 1.77 bits per heavy atom. The van der Waals surface area contributed by atoms with Crippen LogP contribution in [0.2, 0.25) is 15.1 Å². The van der Waals surface area contributed by atoms with Gasteiger partial charge in [-0.3, -0.25) is 14.9 Å². The van der Waals surface area contributed by atoms with Crippen molar-refractivity contribution >= 4 is 91.6 Å². The molecule has 1 aliphatic heterocycles. The lowest BCUT2D eigenvalue weighted by atomic mass is 10.1. The lowest BCUT2D eigenvalue weighted by Crippen LogP contribution is -2.54. The highest BCUT2D eigenvalue weighted by atomic mass is 79.9. The number of para-hydroxylation sites is 1. The summed E-state index contributed by atoms with van der Waals surface area (Å²) in [4.78, 5) is 26.6. The van der Waals surface area contributed by atoms with Gasteiger partial charge in [-0.15, -0.1) is 0 Å². The van der Waals surface area contributed by atoms with Crippen molar-refractivity contribution in [2.45, 2.75) is 6.61 Å². The Balaban J connectivity index is 1.61. The van der Waals surface area contributed by atoms with Crippen molar-refractivity contribution in [2.24, 2.45) is 0 Å². The molecule has 1 fully saturated rings. The third-order valence-corrected chi connectivity index (χ3v) is 6.79. The highest BCUT2D eigenvalue weighted by molar-refractivity contribution is 9.10. The van der Waals surface area contributed by atoms with Gasteiger partial charge in [-0.1, -0.05) is 53.0 Å². The Hall–Kier alpha value is -2.49. The predicted molar refractivity (Wildman–Crippen MR) is 143 cm³/mol. The second-order valence-corrected chi connectivity index (χ2v) is 9.72. The zero-order valence-electron chi connectivity index (χ0n) is 17.5. The molecule has 0 atom stereocenters. The van der Waals surface area contributed by atoms with Crippen LogP contribution in [-0.2, 0) is 16.2 Å². The number of nitrogens with zero attached hydrogens (tertiary/aromatic N) is 1. The zero-order chi connectivity index (χ0) is 25.3. The second kappa shape index (κ2) is 10.6. The summed E-state index contributed by atoms with van der Waals surface area (Å²) in [5.41, 5.74) is 0.902. The Labute approximate surface area is 228 Å². The molecule has 1 heterocycles. The van der Waals surface area contributed by atoms with E-state index < -0.39 is 17.6 Å². The average molecular weight is 615 g/mol. The van der Waals surface area contributed by atoms with Gasteiger partial charge in [0.25, 0.3) is 11.8 Å². The van der Waals surface area contributed by atoms with Crippen molar-refractivity contribution in [1.29, 1.82) is 0 Å². The quantitative estimate of drug-likeness (QED) is 0.192. The standard InChI is InChI=1S/C24H13BrCl3FN2O3S/c25-15-8-13(10-18(28)21(15)34-11-12-5-6-16(26)17(27)9-12)7-14-22(32)30-24(35)31(23(14)33)20-4-2-1-3-19(20)29/h1-10H,11H2,(H,30,32,35)/b14-7+. The Morgan fingerprint density at radius 1 is 1.03 bits per heavy atom. The second-order valence-electron chi connectivity index (χ2n) is 7.26. The minimum absolute atomic E-state index is 0.0707. The summed E-state index contributed by atoms with van der Waals surface area (Å²) < 4.78 is 20.6. The number of thiocarbonyl (C=S) groups is 1. The maximum absolute atomic E-state index is 14.3. The Bertz CT molecular complexity index is 1390. The first-order valence-electron chi connectivity index (χ1n) is 9.87. The summed E-state index contributed by atoms with van der Waals surface area (Å²) >= 11 is 26.9. The molecule has 0 bridgehead atoms. The van der Waals surface area contributed by atoms with Crippen LogP contribution in [0.5, 0.6) is 5.75 Å². The van der Waals surface area contributed by atoms with E-state index in [9.17, 15) is 14.0 Å². The Kier molecular flexibility index (Phi) is 7.78. The van der Waals surface area contributed by atoms with E-state index in [0.717, 1.165) is 10.5 Å². The molecule has 11 heteroatoms. The summed E-state index contributed by atoms with van der Waals surface area (Å²) in [5.74, 6) is -1.78. The number of carbonyl (C=O) groups is 2. The van der Waals surface area contributed by atoms with E-state index in [4.69, 9.17) is 51.8 Å². The van der Waals surface area contributed by atoms with Crippen molar-refractivity contribution in [1.82, 2.24) is 5.32 Å². The molecule has 1 N–H and O–H groups in total. The van der Waals surface area contributed by atoms with Gasteiger partial charge in [0.2, 0.25) is 0 Å². The molecule has 0 aliphatic carbocycles. The van der Waals surface area contributed by atoms with Gasteiger partial charge in [0, 0.05) is 0 Å². The molecule has 0 radical (unpaired) electrons. The van der Waals surface area contributed by atoms with Gasteiger partial charge in [-0.2, -0.15) is 0 Å². The van der Waals surface area contributed by atoms with Crippen LogP contribution in [0, 0.1) is 5.82 Å². The maximum atomic E-state index is 14.3. The molecule has 2 amide bonds.